The average Bonchev–Trinajstić information content (AvgIpc) is 2.61. The molecule has 1 atom stereocenters. The summed E-state index contributed by atoms with van der Waals surface area (Å²) in [5, 5.41) is 0. The van der Waals surface area contributed by atoms with E-state index in [1.165, 1.54) is 71.1 Å². The van der Waals surface area contributed by atoms with Crippen LogP contribution in [-0.2, 0) is 0 Å². The predicted molar refractivity (Wildman–Crippen MR) is 73.2 cm³/mol. The molecular formula is C14H29N3. The fourth-order valence-electron chi connectivity index (χ4n) is 3.34. The van der Waals surface area contributed by atoms with Crippen LogP contribution >= 0.6 is 0 Å². The smallest absolute Gasteiger partial charge is 0.0223 e. The molecule has 0 spiro atoms. The second-order valence-electron chi connectivity index (χ2n) is 5.69. The summed E-state index contributed by atoms with van der Waals surface area (Å²) in [4.78, 5) is 5.33. The SMILES string of the molecule is NCCN1CCCCC1CN1CCCCCC1. The maximum absolute atomic E-state index is 5.72. The van der Waals surface area contributed by atoms with E-state index in [2.05, 4.69) is 9.80 Å². The highest BCUT2D eigenvalue weighted by atomic mass is 15.2. The summed E-state index contributed by atoms with van der Waals surface area (Å²) in [6.07, 6.45) is 9.86. The van der Waals surface area contributed by atoms with E-state index in [0.29, 0.717) is 0 Å². The first-order valence-electron chi connectivity index (χ1n) is 7.56. The van der Waals surface area contributed by atoms with Gasteiger partial charge in [-0.05, 0) is 45.3 Å². The summed E-state index contributed by atoms with van der Waals surface area (Å²) in [6, 6.07) is 0.783. The van der Waals surface area contributed by atoms with Crippen LogP contribution in [0.2, 0.25) is 0 Å². The zero-order valence-electron chi connectivity index (χ0n) is 11.2. The molecule has 3 nitrogen and oxygen atoms in total. The van der Waals surface area contributed by atoms with Crippen LogP contribution in [-0.4, -0.2) is 55.1 Å². The van der Waals surface area contributed by atoms with Crippen LogP contribution < -0.4 is 5.73 Å². The van der Waals surface area contributed by atoms with E-state index in [1.54, 1.807) is 0 Å². The minimum Gasteiger partial charge on any atom is -0.329 e. The first-order chi connectivity index (χ1) is 8.40. The Labute approximate surface area is 106 Å². The molecule has 2 aliphatic heterocycles. The minimum absolute atomic E-state index is 0.783. The van der Waals surface area contributed by atoms with Gasteiger partial charge in [0.2, 0.25) is 0 Å². The molecular weight excluding hydrogens is 210 g/mol. The number of hydrogen-bond donors (Lipinski definition) is 1. The minimum atomic E-state index is 0.783. The molecule has 0 saturated carbocycles. The lowest BCUT2D eigenvalue weighted by Gasteiger charge is -2.38. The summed E-state index contributed by atoms with van der Waals surface area (Å²) >= 11 is 0. The van der Waals surface area contributed by atoms with Crippen molar-refractivity contribution in [1.29, 1.82) is 0 Å². The molecule has 0 aliphatic carbocycles. The third-order valence-electron chi connectivity index (χ3n) is 4.33. The molecule has 2 heterocycles. The van der Waals surface area contributed by atoms with Crippen molar-refractivity contribution < 1.29 is 0 Å². The van der Waals surface area contributed by atoms with Crippen molar-refractivity contribution >= 4 is 0 Å². The van der Waals surface area contributed by atoms with Crippen molar-refractivity contribution in [3.63, 3.8) is 0 Å². The Bertz CT molecular complexity index is 198. The number of rotatable bonds is 4. The van der Waals surface area contributed by atoms with E-state index in [4.69, 9.17) is 5.73 Å². The number of hydrogen-bond acceptors (Lipinski definition) is 3. The van der Waals surface area contributed by atoms with Crippen LogP contribution in [0.1, 0.15) is 44.9 Å². The van der Waals surface area contributed by atoms with Gasteiger partial charge in [0, 0.05) is 25.7 Å². The molecule has 100 valence electrons. The predicted octanol–water partition coefficient (Wildman–Crippen LogP) is 1.68. The Hall–Kier alpha value is -0.120. The van der Waals surface area contributed by atoms with Crippen molar-refractivity contribution in [2.45, 2.75) is 51.0 Å². The molecule has 3 heteroatoms. The van der Waals surface area contributed by atoms with Gasteiger partial charge in [-0.2, -0.15) is 0 Å². The Morgan fingerprint density at radius 2 is 1.59 bits per heavy atom. The molecule has 2 aliphatic rings. The molecule has 2 fully saturated rings. The van der Waals surface area contributed by atoms with Crippen molar-refractivity contribution in [2.75, 3.05) is 39.3 Å². The van der Waals surface area contributed by atoms with E-state index in [9.17, 15) is 0 Å². The van der Waals surface area contributed by atoms with E-state index >= 15 is 0 Å². The third-order valence-corrected chi connectivity index (χ3v) is 4.33. The van der Waals surface area contributed by atoms with Gasteiger partial charge in [-0.25, -0.2) is 0 Å². The standard InChI is InChI=1S/C14H29N3/c15-8-12-17-11-6-3-7-14(17)13-16-9-4-1-2-5-10-16/h14H,1-13,15H2. The first kappa shape index (κ1) is 13.3. The lowest BCUT2D eigenvalue weighted by atomic mass is 10.0. The number of nitrogens with zero attached hydrogens (tertiary/aromatic N) is 2. The van der Waals surface area contributed by atoms with Crippen molar-refractivity contribution in [3.05, 3.63) is 0 Å². The molecule has 0 radical (unpaired) electrons. The van der Waals surface area contributed by atoms with Crippen LogP contribution in [0.25, 0.3) is 0 Å². The zero-order valence-corrected chi connectivity index (χ0v) is 11.2. The van der Waals surface area contributed by atoms with Crippen LogP contribution in [0.3, 0.4) is 0 Å². The molecule has 1 unspecified atom stereocenters. The molecule has 0 aromatic heterocycles. The van der Waals surface area contributed by atoms with Gasteiger partial charge in [-0.1, -0.05) is 19.3 Å². The fraction of sp³-hybridized carbons (Fsp3) is 1.00. The first-order valence-corrected chi connectivity index (χ1v) is 7.56. The number of nitrogens with two attached hydrogens (primary N) is 1. The quantitative estimate of drug-likeness (QED) is 0.810. The van der Waals surface area contributed by atoms with E-state index in [-0.39, 0.29) is 0 Å². The monoisotopic (exact) mass is 239 g/mol. The topological polar surface area (TPSA) is 32.5 Å². The third kappa shape index (κ3) is 4.23. The Morgan fingerprint density at radius 3 is 2.29 bits per heavy atom. The second kappa shape index (κ2) is 7.34. The van der Waals surface area contributed by atoms with E-state index in [0.717, 1.165) is 19.1 Å². The Kier molecular flexibility index (Phi) is 5.75. The average molecular weight is 239 g/mol. The van der Waals surface area contributed by atoms with Gasteiger partial charge in [0.1, 0.15) is 0 Å². The summed E-state index contributed by atoms with van der Waals surface area (Å²) in [5.41, 5.74) is 5.72. The highest BCUT2D eigenvalue weighted by Gasteiger charge is 2.24. The molecule has 17 heavy (non-hydrogen) atoms. The molecule has 0 aromatic rings. The molecule has 2 rings (SSSR count). The Balaban J connectivity index is 1.81. The van der Waals surface area contributed by atoms with Gasteiger partial charge in [-0.3, -0.25) is 4.90 Å². The normalized spacial score (nSPS) is 29.1. The largest absolute Gasteiger partial charge is 0.329 e. The van der Waals surface area contributed by atoms with Crippen LogP contribution in [0.15, 0.2) is 0 Å². The van der Waals surface area contributed by atoms with Crippen LogP contribution in [0.5, 0.6) is 0 Å². The van der Waals surface area contributed by atoms with Gasteiger partial charge < -0.3 is 10.6 Å². The molecule has 0 amide bonds. The maximum atomic E-state index is 5.72. The highest BCUT2D eigenvalue weighted by molar-refractivity contribution is 4.80. The van der Waals surface area contributed by atoms with Crippen molar-refractivity contribution in [1.82, 2.24) is 9.80 Å². The molecule has 0 bridgehead atoms. The van der Waals surface area contributed by atoms with Gasteiger partial charge in [-0.15, -0.1) is 0 Å². The maximum Gasteiger partial charge on any atom is 0.0223 e. The lowest BCUT2D eigenvalue weighted by molar-refractivity contribution is 0.108. The number of piperidine rings is 1. The van der Waals surface area contributed by atoms with Gasteiger partial charge in [0.05, 0.1) is 0 Å². The van der Waals surface area contributed by atoms with Crippen molar-refractivity contribution in [2.24, 2.45) is 5.73 Å². The molecule has 0 aromatic carbocycles. The fourth-order valence-corrected chi connectivity index (χ4v) is 3.34. The van der Waals surface area contributed by atoms with E-state index < -0.39 is 0 Å². The summed E-state index contributed by atoms with van der Waals surface area (Å²) < 4.78 is 0. The van der Waals surface area contributed by atoms with Crippen molar-refractivity contribution in [3.8, 4) is 0 Å². The lowest BCUT2D eigenvalue weighted by Crippen LogP contribution is -2.48. The van der Waals surface area contributed by atoms with Crippen LogP contribution in [0.4, 0.5) is 0 Å². The molecule has 2 saturated heterocycles. The second-order valence-corrected chi connectivity index (χ2v) is 5.69. The summed E-state index contributed by atoms with van der Waals surface area (Å²) in [7, 11) is 0. The van der Waals surface area contributed by atoms with E-state index in [1.807, 2.05) is 0 Å². The molecule has 2 N–H and O–H groups in total. The van der Waals surface area contributed by atoms with Gasteiger partial charge in [0.15, 0.2) is 0 Å². The zero-order chi connectivity index (χ0) is 11.9. The summed E-state index contributed by atoms with van der Waals surface area (Å²) in [6.45, 7) is 7.13. The van der Waals surface area contributed by atoms with Gasteiger partial charge in [0.25, 0.3) is 0 Å². The van der Waals surface area contributed by atoms with Gasteiger partial charge >= 0.3 is 0 Å². The van der Waals surface area contributed by atoms with Crippen LogP contribution in [0, 0.1) is 0 Å². The Morgan fingerprint density at radius 1 is 0.882 bits per heavy atom. The highest BCUT2D eigenvalue weighted by Crippen LogP contribution is 2.19. The summed E-state index contributed by atoms with van der Waals surface area (Å²) in [5.74, 6) is 0. The number of likely N-dealkylation sites (tertiary alicyclic amines) is 2.